The van der Waals surface area contributed by atoms with E-state index in [-0.39, 0.29) is 0 Å². The summed E-state index contributed by atoms with van der Waals surface area (Å²) in [6.07, 6.45) is 3.75. The molecule has 3 aromatic rings. The van der Waals surface area contributed by atoms with Gasteiger partial charge in [0.2, 0.25) is 0 Å². The van der Waals surface area contributed by atoms with Crippen LogP contribution in [0.25, 0.3) is 0 Å². The molecule has 5 nitrogen and oxygen atoms in total. The summed E-state index contributed by atoms with van der Waals surface area (Å²) < 4.78 is 0. The van der Waals surface area contributed by atoms with Crippen LogP contribution in [0.1, 0.15) is 5.56 Å². The maximum absolute atomic E-state index is 4.48. The Morgan fingerprint density at radius 3 is 2.04 bits per heavy atom. The van der Waals surface area contributed by atoms with Gasteiger partial charge in [0.1, 0.15) is 13.2 Å². The van der Waals surface area contributed by atoms with E-state index in [1.165, 1.54) is 10.5 Å². The molecule has 1 saturated heterocycles. The van der Waals surface area contributed by atoms with E-state index in [1.54, 1.807) is 22.7 Å². The molecule has 118 valence electrons. The molecule has 1 fully saturated rings. The van der Waals surface area contributed by atoms with Crippen molar-refractivity contribution in [2.45, 2.75) is 6.54 Å². The maximum atomic E-state index is 4.48. The van der Waals surface area contributed by atoms with Crippen molar-refractivity contribution in [3.8, 4) is 0 Å². The molecule has 2 aromatic heterocycles. The second-order valence-corrected chi connectivity index (χ2v) is 7.33. The van der Waals surface area contributed by atoms with E-state index in [1.807, 2.05) is 23.2 Å². The number of hydrogen-bond donors (Lipinski definition) is 1. The van der Waals surface area contributed by atoms with Gasteiger partial charge in [0.25, 0.3) is 0 Å². The zero-order valence-corrected chi connectivity index (χ0v) is 14.3. The highest BCUT2D eigenvalue weighted by molar-refractivity contribution is 7.14. The van der Waals surface area contributed by atoms with Gasteiger partial charge in [-0.2, -0.15) is 0 Å². The second-order valence-electron chi connectivity index (χ2n) is 5.58. The lowest BCUT2D eigenvalue weighted by atomic mass is 10.2. The van der Waals surface area contributed by atoms with Crippen LogP contribution in [0.15, 0.2) is 53.5 Å². The molecular formula is C16H18N5S2+. The molecule has 0 saturated carbocycles. The molecule has 0 amide bonds. The summed E-state index contributed by atoms with van der Waals surface area (Å²) in [4.78, 5) is 15.1. The average molecular weight is 344 g/mol. The monoisotopic (exact) mass is 344 g/mol. The molecule has 1 aliphatic heterocycles. The minimum absolute atomic E-state index is 0.847. The Bertz CT molecular complexity index is 672. The number of thiazole rings is 2. The van der Waals surface area contributed by atoms with Crippen LogP contribution >= 0.6 is 22.7 Å². The van der Waals surface area contributed by atoms with Crippen molar-refractivity contribution in [3.05, 3.63) is 59.0 Å². The van der Waals surface area contributed by atoms with Crippen LogP contribution in [-0.2, 0) is 6.54 Å². The number of anilines is 2. The summed E-state index contributed by atoms with van der Waals surface area (Å²) in [5.74, 6) is 0. The maximum Gasteiger partial charge on any atom is 0.191 e. The number of rotatable bonds is 4. The highest BCUT2D eigenvalue weighted by Gasteiger charge is 2.29. The van der Waals surface area contributed by atoms with Gasteiger partial charge in [0, 0.05) is 28.7 Å². The van der Waals surface area contributed by atoms with Gasteiger partial charge in [-0.05, 0) is 0 Å². The number of aromatic nitrogens is 2. The average Bonchev–Trinajstić information content (AvgIpc) is 3.29. The normalized spacial score (nSPS) is 16.0. The molecule has 1 aliphatic rings. The first kappa shape index (κ1) is 14.6. The molecule has 4 rings (SSSR count). The Kier molecular flexibility index (Phi) is 4.23. The Labute approximate surface area is 143 Å². The van der Waals surface area contributed by atoms with Crippen LogP contribution in [0.4, 0.5) is 10.3 Å². The van der Waals surface area contributed by atoms with Crippen LogP contribution in [0.3, 0.4) is 0 Å². The molecule has 7 heteroatoms. The fourth-order valence-electron chi connectivity index (χ4n) is 2.89. The third-order valence-corrected chi connectivity index (χ3v) is 5.51. The lowest BCUT2D eigenvalue weighted by Gasteiger charge is -2.39. The number of nitrogens with one attached hydrogen (secondary N) is 1. The van der Waals surface area contributed by atoms with Gasteiger partial charge in [-0.1, -0.05) is 30.3 Å². The molecule has 0 aliphatic carbocycles. The summed E-state index contributed by atoms with van der Waals surface area (Å²) in [5, 5.41) is 6.23. The van der Waals surface area contributed by atoms with Crippen molar-refractivity contribution >= 4 is 32.9 Å². The molecule has 1 N–H and O–H groups in total. The third kappa shape index (κ3) is 3.36. The molecular weight excluding hydrogens is 326 g/mol. The molecule has 3 heterocycles. The number of quaternary nitrogens is 1. The van der Waals surface area contributed by atoms with Gasteiger partial charge in [-0.15, -0.1) is 22.7 Å². The lowest BCUT2D eigenvalue weighted by Crippen LogP contribution is -3.16. The molecule has 1 aromatic carbocycles. The highest BCUT2D eigenvalue weighted by atomic mass is 32.1. The quantitative estimate of drug-likeness (QED) is 0.784. The first-order valence-corrected chi connectivity index (χ1v) is 9.31. The lowest BCUT2D eigenvalue weighted by molar-refractivity contribution is -0.916. The summed E-state index contributed by atoms with van der Waals surface area (Å²) >= 11 is 3.39. The molecule has 0 atom stereocenters. The summed E-state index contributed by atoms with van der Waals surface area (Å²) in [6, 6.07) is 10.7. The largest absolute Gasteiger partial charge is 0.297 e. The fourth-order valence-corrected chi connectivity index (χ4v) is 4.17. The summed E-state index contributed by atoms with van der Waals surface area (Å²) in [6.45, 7) is 3.78. The van der Waals surface area contributed by atoms with Crippen molar-refractivity contribution in [3.63, 3.8) is 0 Å². The minimum Gasteiger partial charge on any atom is -0.297 e. The topological polar surface area (TPSA) is 36.7 Å². The van der Waals surface area contributed by atoms with Crippen LogP contribution in [0.2, 0.25) is 0 Å². The van der Waals surface area contributed by atoms with E-state index >= 15 is 0 Å². The first-order valence-electron chi connectivity index (χ1n) is 7.55. The van der Waals surface area contributed by atoms with E-state index < -0.39 is 0 Å². The van der Waals surface area contributed by atoms with Crippen LogP contribution in [-0.4, -0.2) is 30.0 Å². The second kappa shape index (κ2) is 6.66. The van der Waals surface area contributed by atoms with Gasteiger partial charge in [0.05, 0.1) is 0 Å². The van der Waals surface area contributed by atoms with E-state index in [0.29, 0.717) is 0 Å². The predicted octanol–water partition coefficient (Wildman–Crippen LogP) is 1.88. The standard InChI is InChI=1S/C16H17N5S2/c1-2-4-14(5-3-1)10-19-11-20(15-17-6-8-22-15)13-21(12-19)16-18-7-9-23-16/h1-9H,10-13H2/p+1. The Morgan fingerprint density at radius 1 is 0.913 bits per heavy atom. The van der Waals surface area contributed by atoms with Crippen molar-refractivity contribution in [2.75, 3.05) is 29.8 Å². The van der Waals surface area contributed by atoms with Gasteiger partial charge in [-0.3, -0.25) is 14.7 Å². The first-order chi connectivity index (χ1) is 11.4. The van der Waals surface area contributed by atoms with E-state index in [0.717, 1.165) is 36.8 Å². The zero-order valence-electron chi connectivity index (χ0n) is 12.6. The summed E-state index contributed by atoms with van der Waals surface area (Å²) in [5.41, 5.74) is 1.36. The van der Waals surface area contributed by atoms with Crippen molar-refractivity contribution in [1.82, 2.24) is 9.97 Å². The molecule has 23 heavy (non-hydrogen) atoms. The number of hydrogen-bond acceptors (Lipinski definition) is 6. The van der Waals surface area contributed by atoms with E-state index in [4.69, 9.17) is 0 Å². The third-order valence-electron chi connectivity index (χ3n) is 3.85. The molecule has 0 unspecified atom stereocenters. The molecule has 0 bridgehead atoms. The molecule has 0 spiro atoms. The SMILES string of the molecule is c1ccc(C[NH+]2CN(c3nccs3)CN(c3nccs3)C2)cc1. The highest BCUT2D eigenvalue weighted by Crippen LogP contribution is 2.22. The van der Waals surface area contributed by atoms with E-state index in [9.17, 15) is 0 Å². The minimum atomic E-state index is 0.847. The van der Waals surface area contributed by atoms with Crippen molar-refractivity contribution < 1.29 is 4.90 Å². The Balaban J connectivity index is 1.56. The smallest absolute Gasteiger partial charge is 0.191 e. The number of nitrogens with zero attached hydrogens (tertiary/aromatic N) is 4. The Morgan fingerprint density at radius 2 is 1.52 bits per heavy atom. The van der Waals surface area contributed by atoms with Crippen molar-refractivity contribution in [1.29, 1.82) is 0 Å². The van der Waals surface area contributed by atoms with Crippen LogP contribution in [0.5, 0.6) is 0 Å². The fraction of sp³-hybridized carbons (Fsp3) is 0.250. The Hall–Kier alpha value is -1.96. The van der Waals surface area contributed by atoms with Gasteiger partial charge in [-0.25, -0.2) is 9.97 Å². The van der Waals surface area contributed by atoms with Gasteiger partial charge in [0.15, 0.2) is 23.6 Å². The predicted molar refractivity (Wildman–Crippen MR) is 94.9 cm³/mol. The summed E-state index contributed by atoms with van der Waals surface area (Å²) in [7, 11) is 0. The van der Waals surface area contributed by atoms with Crippen LogP contribution < -0.4 is 14.7 Å². The zero-order chi connectivity index (χ0) is 15.5. The van der Waals surface area contributed by atoms with Crippen molar-refractivity contribution in [2.24, 2.45) is 0 Å². The molecule has 0 radical (unpaired) electrons. The van der Waals surface area contributed by atoms with Crippen LogP contribution in [0, 0.1) is 0 Å². The van der Waals surface area contributed by atoms with E-state index in [2.05, 4.69) is 50.1 Å². The van der Waals surface area contributed by atoms with Gasteiger partial charge >= 0.3 is 0 Å². The number of benzene rings is 1. The van der Waals surface area contributed by atoms with Gasteiger partial charge < -0.3 is 0 Å².